The molecule has 30 heavy (non-hydrogen) atoms. The van der Waals surface area contributed by atoms with Crippen molar-refractivity contribution in [2.24, 2.45) is 0 Å². The van der Waals surface area contributed by atoms with Crippen LogP contribution >= 0.6 is 0 Å². The first-order valence-electron chi connectivity index (χ1n) is 9.62. The molecular formula is C22H24F3NO4. The Morgan fingerprint density at radius 3 is 2.27 bits per heavy atom. The van der Waals surface area contributed by atoms with Crippen LogP contribution in [0.3, 0.4) is 0 Å². The van der Waals surface area contributed by atoms with Gasteiger partial charge in [0, 0.05) is 19.8 Å². The van der Waals surface area contributed by atoms with E-state index in [9.17, 15) is 23.1 Å². The summed E-state index contributed by atoms with van der Waals surface area (Å²) in [5.41, 5.74) is -0.463. The number of methoxy groups -OCH3 is 1. The molecule has 1 unspecified atom stereocenters. The third-order valence-electron chi connectivity index (χ3n) is 5.50. The van der Waals surface area contributed by atoms with Crippen molar-refractivity contribution >= 4 is 5.91 Å². The zero-order chi connectivity index (χ0) is 21.8. The molecule has 1 aliphatic rings. The lowest BCUT2D eigenvalue weighted by atomic mass is 9.73. The summed E-state index contributed by atoms with van der Waals surface area (Å²) in [7, 11) is 1.56. The summed E-state index contributed by atoms with van der Waals surface area (Å²) < 4.78 is 48.7. The third-order valence-corrected chi connectivity index (χ3v) is 5.50. The fourth-order valence-corrected chi connectivity index (χ4v) is 3.65. The van der Waals surface area contributed by atoms with Crippen LogP contribution in [0.2, 0.25) is 0 Å². The first-order valence-corrected chi connectivity index (χ1v) is 9.62. The second-order valence-corrected chi connectivity index (χ2v) is 7.27. The van der Waals surface area contributed by atoms with Gasteiger partial charge in [-0.15, -0.1) is 0 Å². The largest absolute Gasteiger partial charge is 0.497 e. The van der Waals surface area contributed by atoms with E-state index in [-0.39, 0.29) is 12.5 Å². The summed E-state index contributed by atoms with van der Waals surface area (Å²) in [5.74, 6) is 0.432. The second-order valence-electron chi connectivity index (χ2n) is 7.27. The highest BCUT2D eigenvalue weighted by Gasteiger charge is 2.41. The van der Waals surface area contributed by atoms with Crippen molar-refractivity contribution in [3.8, 4) is 5.75 Å². The van der Waals surface area contributed by atoms with Gasteiger partial charge in [-0.05, 0) is 48.2 Å². The lowest BCUT2D eigenvalue weighted by Crippen LogP contribution is -2.48. The van der Waals surface area contributed by atoms with Crippen LogP contribution in [0.5, 0.6) is 5.75 Å². The molecule has 0 radical (unpaired) electrons. The molecular weight excluding hydrogens is 399 g/mol. The maximum absolute atomic E-state index is 13.1. The zero-order valence-electron chi connectivity index (χ0n) is 16.5. The third kappa shape index (κ3) is 4.76. The van der Waals surface area contributed by atoms with E-state index in [0.29, 0.717) is 37.4 Å². The van der Waals surface area contributed by atoms with Gasteiger partial charge in [-0.1, -0.05) is 24.3 Å². The number of rotatable bonds is 6. The van der Waals surface area contributed by atoms with E-state index in [1.54, 1.807) is 19.2 Å². The monoisotopic (exact) mass is 423 g/mol. The van der Waals surface area contributed by atoms with Gasteiger partial charge >= 0.3 is 6.18 Å². The van der Waals surface area contributed by atoms with Crippen molar-refractivity contribution in [3.63, 3.8) is 0 Å². The molecule has 1 amide bonds. The summed E-state index contributed by atoms with van der Waals surface area (Å²) in [4.78, 5) is 13.1. The van der Waals surface area contributed by atoms with Gasteiger partial charge in [0.05, 0.1) is 24.2 Å². The SMILES string of the molecule is COc1ccc(C2(C(=O)NCC(O)c3ccc(C(F)(F)F)cc3)CCOCC2)cc1. The highest BCUT2D eigenvalue weighted by molar-refractivity contribution is 5.88. The van der Waals surface area contributed by atoms with Gasteiger partial charge in [0.1, 0.15) is 5.75 Å². The number of benzene rings is 2. The first-order chi connectivity index (χ1) is 14.3. The van der Waals surface area contributed by atoms with Crippen LogP contribution < -0.4 is 10.1 Å². The van der Waals surface area contributed by atoms with Crippen LogP contribution in [-0.2, 0) is 21.1 Å². The molecule has 0 saturated carbocycles. The zero-order valence-corrected chi connectivity index (χ0v) is 16.5. The lowest BCUT2D eigenvalue weighted by Gasteiger charge is -2.36. The highest BCUT2D eigenvalue weighted by Crippen LogP contribution is 2.36. The number of aliphatic hydroxyl groups is 1. The van der Waals surface area contributed by atoms with Gasteiger partial charge in [-0.2, -0.15) is 13.2 Å². The summed E-state index contributed by atoms with van der Waals surface area (Å²) in [6, 6.07) is 11.5. The molecule has 8 heteroatoms. The number of carbonyl (C=O) groups excluding carboxylic acids is 1. The van der Waals surface area contributed by atoms with E-state index in [1.807, 2.05) is 12.1 Å². The van der Waals surface area contributed by atoms with Crippen LogP contribution in [0.25, 0.3) is 0 Å². The molecule has 0 aromatic heterocycles. The molecule has 2 aromatic rings. The van der Waals surface area contributed by atoms with Gasteiger partial charge in [-0.25, -0.2) is 0 Å². The maximum Gasteiger partial charge on any atom is 0.416 e. The van der Waals surface area contributed by atoms with E-state index < -0.39 is 23.3 Å². The van der Waals surface area contributed by atoms with Gasteiger partial charge in [0.2, 0.25) is 5.91 Å². The second kappa shape index (κ2) is 9.06. The highest BCUT2D eigenvalue weighted by atomic mass is 19.4. The molecule has 1 atom stereocenters. The van der Waals surface area contributed by atoms with Crippen molar-refractivity contribution in [1.82, 2.24) is 5.32 Å². The molecule has 5 nitrogen and oxygen atoms in total. The fraction of sp³-hybridized carbons (Fsp3) is 0.409. The first kappa shape index (κ1) is 22.1. The van der Waals surface area contributed by atoms with E-state index in [4.69, 9.17) is 9.47 Å². The molecule has 162 valence electrons. The number of alkyl halides is 3. The predicted molar refractivity (Wildman–Crippen MR) is 104 cm³/mol. The van der Waals surface area contributed by atoms with E-state index in [0.717, 1.165) is 17.7 Å². The lowest BCUT2D eigenvalue weighted by molar-refractivity contribution is -0.137. The molecule has 0 bridgehead atoms. The number of carbonyl (C=O) groups is 1. The minimum absolute atomic E-state index is 0.108. The number of amides is 1. The molecule has 2 N–H and O–H groups in total. The van der Waals surface area contributed by atoms with Crippen molar-refractivity contribution < 1.29 is 32.5 Å². The Morgan fingerprint density at radius 1 is 1.13 bits per heavy atom. The molecule has 1 fully saturated rings. The molecule has 0 spiro atoms. The molecule has 1 aliphatic heterocycles. The van der Waals surface area contributed by atoms with Crippen molar-refractivity contribution in [1.29, 1.82) is 0 Å². The van der Waals surface area contributed by atoms with Gasteiger partial charge in [-0.3, -0.25) is 4.79 Å². The van der Waals surface area contributed by atoms with Gasteiger partial charge in [0.25, 0.3) is 0 Å². The molecule has 2 aromatic carbocycles. The van der Waals surface area contributed by atoms with Gasteiger partial charge < -0.3 is 19.9 Å². The topological polar surface area (TPSA) is 67.8 Å². The summed E-state index contributed by atoms with van der Waals surface area (Å²) >= 11 is 0. The normalized spacial score (nSPS) is 17.2. The number of aliphatic hydroxyl groups excluding tert-OH is 1. The number of hydrogen-bond acceptors (Lipinski definition) is 4. The Bertz CT molecular complexity index is 844. The van der Waals surface area contributed by atoms with Crippen molar-refractivity contribution in [2.45, 2.75) is 30.5 Å². The fourth-order valence-electron chi connectivity index (χ4n) is 3.65. The Hall–Kier alpha value is -2.58. The standard InChI is InChI=1S/C22H24F3NO4/c1-29-18-8-6-16(7-9-18)21(10-12-30-13-11-21)20(28)26-14-19(27)15-2-4-17(5-3-15)22(23,24)25/h2-9,19,27H,10-14H2,1H3,(H,26,28). The average molecular weight is 423 g/mol. The van der Waals surface area contributed by atoms with Crippen molar-refractivity contribution in [3.05, 3.63) is 65.2 Å². The number of ether oxygens (including phenoxy) is 2. The smallest absolute Gasteiger partial charge is 0.416 e. The number of nitrogens with one attached hydrogen (secondary N) is 1. The Labute approximate surface area is 172 Å². The maximum atomic E-state index is 13.1. The van der Waals surface area contributed by atoms with Crippen LogP contribution in [0.15, 0.2) is 48.5 Å². The molecule has 1 saturated heterocycles. The van der Waals surface area contributed by atoms with Crippen LogP contribution in [-0.4, -0.2) is 37.9 Å². The summed E-state index contributed by atoms with van der Waals surface area (Å²) in [5, 5.41) is 13.1. The van der Waals surface area contributed by atoms with Crippen LogP contribution in [0.1, 0.15) is 35.6 Å². The van der Waals surface area contributed by atoms with Crippen molar-refractivity contribution in [2.75, 3.05) is 26.9 Å². The minimum atomic E-state index is -4.44. The van der Waals surface area contributed by atoms with Crippen LogP contribution in [0, 0.1) is 0 Å². The average Bonchev–Trinajstić information content (AvgIpc) is 2.77. The minimum Gasteiger partial charge on any atom is -0.497 e. The number of hydrogen-bond donors (Lipinski definition) is 2. The van der Waals surface area contributed by atoms with E-state index >= 15 is 0 Å². The Morgan fingerprint density at radius 2 is 1.73 bits per heavy atom. The Kier molecular flexibility index (Phi) is 6.67. The Balaban J connectivity index is 1.71. The van der Waals surface area contributed by atoms with Crippen LogP contribution in [0.4, 0.5) is 13.2 Å². The van der Waals surface area contributed by atoms with E-state index in [1.165, 1.54) is 12.1 Å². The van der Waals surface area contributed by atoms with E-state index in [2.05, 4.69) is 5.32 Å². The molecule has 1 heterocycles. The quantitative estimate of drug-likeness (QED) is 0.745. The molecule has 0 aliphatic carbocycles. The summed E-state index contributed by atoms with van der Waals surface area (Å²) in [6.45, 7) is 0.755. The predicted octanol–water partition coefficient (Wildman–Crippen LogP) is 3.61. The number of halogens is 3. The molecule has 3 rings (SSSR count). The summed E-state index contributed by atoms with van der Waals surface area (Å²) in [6.07, 6.45) is -4.59. The van der Waals surface area contributed by atoms with Gasteiger partial charge in [0.15, 0.2) is 0 Å².